The first-order valence-corrected chi connectivity index (χ1v) is 7.11. The Morgan fingerprint density at radius 2 is 2.11 bits per heavy atom. The average Bonchev–Trinajstić information content (AvgIpc) is 2.43. The van der Waals surface area contributed by atoms with Gasteiger partial charge in [0.25, 0.3) is 0 Å². The molecule has 1 unspecified atom stereocenters. The fraction of sp³-hybridized carbons (Fsp3) is 0.286. The Morgan fingerprint density at radius 3 is 2.95 bits per heavy atom. The molecule has 5 heteroatoms. The number of para-hydroxylation sites is 1. The van der Waals surface area contributed by atoms with Gasteiger partial charge < -0.3 is 10.6 Å². The summed E-state index contributed by atoms with van der Waals surface area (Å²) < 4.78 is 0.763. The van der Waals surface area contributed by atoms with Gasteiger partial charge >= 0.3 is 0 Å². The fourth-order valence-electron chi connectivity index (χ4n) is 2.55. The second-order valence-electron chi connectivity index (χ2n) is 4.78. The van der Waals surface area contributed by atoms with Crippen molar-refractivity contribution in [2.75, 3.05) is 10.6 Å². The van der Waals surface area contributed by atoms with E-state index >= 15 is 0 Å². The van der Waals surface area contributed by atoms with Crippen molar-refractivity contribution in [2.45, 2.75) is 25.8 Å². The number of aromatic nitrogens is 2. The highest BCUT2D eigenvalue weighted by Crippen LogP contribution is 2.39. The van der Waals surface area contributed by atoms with Crippen LogP contribution in [-0.2, 0) is 6.42 Å². The SMILES string of the molecule is CC1CCc2ccccc2N1c1ncnc(N)c1Br. The molecule has 0 saturated heterocycles. The maximum atomic E-state index is 5.87. The Hall–Kier alpha value is -1.62. The largest absolute Gasteiger partial charge is 0.383 e. The third-order valence-electron chi connectivity index (χ3n) is 3.55. The Kier molecular flexibility index (Phi) is 3.14. The first-order chi connectivity index (χ1) is 9.18. The van der Waals surface area contributed by atoms with Crippen LogP contribution in [0.2, 0.25) is 0 Å². The minimum Gasteiger partial charge on any atom is -0.383 e. The minimum atomic E-state index is 0.389. The zero-order valence-electron chi connectivity index (χ0n) is 10.7. The first kappa shape index (κ1) is 12.4. The molecule has 0 spiro atoms. The lowest BCUT2D eigenvalue weighted by molar-refractivity contribution is 0.612. The molecule has 3 rings (SSSR count). The highest BCUT2D eigenvalue weighted by Gasteiger charge is 2.27. The lowest BCUT2D eigenvalue weighted by atomic mass is 9.97. The average molecular weight is 319 g/mol. The number of aryl methyl sites for hydroxylation is 1. The van der Waals surface area contributed by atoms with Crippen molar-refractivity contribution in [1.82, 2.24) is 9.97 Å². The summed E-state index contributed by atoms with van der Waals surface area (Å²) in [6.07, 6.45) is 3.72. The molecule has 0 fully saturated rings. The molecule has 1 aliphatic rings. The maximum absolute atomic E-state index is 5.87. The quantitative estimate of drug-likeness (QED) is 0.876. The van der Waals surface area contributed by atoms with E-state index < -0.39 is 0 Å². The van der Waals surface area contributed by atoms with Gasteiger partial charge in [-0.1, -0.05) is 18.2 Å². The predicted octanol–water partition coefficient (Wildman–Crippen LogP) is 3.29. The van der Waals surface area contributed by atoms with Crippen molar-refractivity contribution in [3.63, 3.8) is 0 Å². The molecular formula is C14H15BrN4. The minimum absolute atomic E-state index is 0.389. The Balaban J connectivity index is 2.16. The summed E-state index contributed by atoms with van der Waals surface area (Å²) in [6.45, 7) is 2.21. The lowest BCUT2D eigenvalue weighted by Gasteiger charge is -2.36. The summed E-state index contributed by atoms with van der Waals surface area (Å²) in [5, 5.41) is 0. The summed E-state index contributed by atoms with van der Waals surface area (Å²) in [7, 11) is 0. The van der Waals surface area contributed by atoms with Gasteiger partial charge in [0, 0.05) is 11.7 Å². The predicted molar refractivity (Wildman–Crippen MR) is 80.5 cm³/mol. The molecule has 2 aromatic rings. The van der Waals surface area contributed by atoms with Crippen molar-refractivity contribution in [2.24, 2.45) is 0 Å². The van der Waals surface area contributed by atoms with Crippen LogP contribution in [0.5, 0.6) is 0 Å². The third-order valence-corrected chi connectivity index (χ3v) is 4.31. The van der Waals surface area contributed by atoms with Crippen molar-refractivity contribution in [1.29, 1.82) is 0 Å². The van der Waals surface area contributed by atoms with E-state index in [1.54, 1.807) is 0 Å². The molecular weight excluding hydrogens is 304 g/mol. The first-order valence-electron chi connectivity index (χ1n) is 6.31. The molecule has 0 bridgehead atoms. The summed E-state index contributed by atoms with van der Waals surface area (Å²) in [5.41, 5.74) is 8.43. The van der Waals surface area contributed by atoms with Crippen LogP contribution >= 0.6 is 15.9 Å². The highest BCUT2D eigenvalue weighted by molar-refractivity contribution is 9.10. The smallest absolute Gasteiger partial charge is 0.153 e. The van der Waals surface area contributed by atoms with Gasteiger partial charge in [-0.2, -0.15) is 0 Å². The zero-order valence-corrected chi connectivity index (χ0v) is 12.3. The number of halogens is 1. The van der Waals surface area contributed by atoms with Crippen molar-refractivity contribution >= 4 is 33.3 Å². The normalized spacial score (nSPS) is 18.2. The summed E-state index contributed by atoms with van der Waals surface area (Å²) in [4.78, 5) is 10.6. The topological polar surface area (TPSA) is 55.0 Å². The second kappa shape index (κ2) is 4.81. The van der Waals surface area contributed by atoms with Crippen LogP contribution in [0.4, 0.5) is 17.3 Å². The molecule has 0 saturated carbocycles. The summed E-state index contributed by atoms with van der Waals surface area (Å²) in [6, 6.07) is 8.83. The number of hydrogen-bond donors (Lipinski definition) is 1. The summed E-state index contributed by atoms with van der Waals surface area (Å²) in [5.74, 6) is 1.31. The van der Waals surface area contributed by atoms with E-state index in [2.05, 4.69) is 62.0 Å². The van der Waals surface area contributed by atoms with Gasteiger partial charge in [-0.15, -0.1) is 0 Å². The molecule has 4 nitrogen and oxygen atoms in total. The molecule has 0 radical (unpaired) electrons. The van der Waals surface area contributed by atoms with Crippen molar-refractivity contribution in [3.8, 4) is 0 Å². The second-order valence-corrected chi connectivity index (χ2v) is 5.58. The van der Waals surface area contributed by atoms with E-state index in [4.69, 9.17) is 5.73 Å². The molecule has 1 aromatic heterocycles. The van der Waals surface area contributed by atoms with Gasteiger partial charge in [-0.05, 0) is 47.3 Å². The van der Waals surface area contributed by atoms with Crippen LogP contribution in [0, 0.1) is 0 Å². The van der Waals surface area contributed by atoms with Gasteiger partial charge in [0.05, 0.1) is 0 Å². The van der Waals surface area contributed by atoms with Gasteiger partial charge in [-0.25, -0.2) is 9.97 Å². The number of benzene rings is 1. The molecule has 1 aliphatic heterocycles. The van der Waals surface area contributed by atoms with Crippen molar-refractivity contribution < 1.29 is 0 Å². The van der Waals surface area contributed by atoms with E-state index in [1.165, 1.54) is 17.6 Å². The van der Waals surface area contributed by atoms with Crippen molar-refractivity contribution in [3.05, 3.63) is 40.6 Å². The standard InChI is InChI=1S/C14H15BrN4/c1-9-6-7-10-4-2-3-5-11(10)19(9)14-12(15)13(16)17-8-18-14/h2-5,8-9H,6-7H2,1H3,(H2,16,17,18). The highest BCUT2D eigenvalue weighted by atomic mass is 79.9. The number of rotatable bonds is 1. The van der Waals surface area contributed by atoms with E-state index in [0.29, 0.717) is 11.9 Å². The Labute approximate surface area is 120 Å². The van der Waals surface area contributed by atoms with Gasteiger partial charge in [0.1, 0.15) is 16.6 Å². The van der Waals surface area contributed by atoms with E-state index in [1.807, 2.05) is 0 Å². The van der Waals surface area contributed by atoms with Gasteiger partial charge in [0.2, 0.25) is 0 Å². The van der Waals surface area contributed by atoms with Crippen LogP contribution in [0.3, 0.4) is 0 Å². The Bertz CT molecular complexity index is 614. The molecule has 98 valence electrons. The lowest BCUT2D eigenvalue weighted by Crippen LogP contribution is -2.34. The van der Waals surface area contributed by atoms with Crippen LogP contribution in [0.25, 0.3) is 0 Å². The van der Waals surface area contributed by atoms with E-state index in [0.717, 1.165) is 23.1 Å². The van der Waals surface area contributed by atoms with Crippen LogP contribution in [-0.4, -0.2) is 16.0 Å². The molecule has 0 aliphatic carbocycles. The number of fused-ring (bicyclic) bond motifs is 1. The van der Waals surface area contributed by atoms with Crippen LogP contribution < -0.4 is 10.6 Å². The van der Waals surface area contributed by atoms with Crippen LogP contribution in [0.15, 0.2) is 35.1 Å². The Morgan fingerprint density at radius 1 is 1.32 bits per heavy atom. The van der Waals surface area contributed by atoms with Gasteiger partial charge in [0.15, 0.2) is 5.82 Å². The van der Waals surface area contributed by atoms with Crippen LogP contribution in [0.1, 0.15) is 18.9 Å². The zero-order chi connectivity index (χ0) is 13.4. The number of nitrogen functional groups attached to an aromatic ring is 1. The molecule has 2 N–H and O–H groups in total. The number of nitrogens with zero attached hydrogens (tertiary/aromatic N) is 3. The molecule has 1 aromatic carbocycles. The molecule has 1 atom stereocenters. The maximum Gasteiger partial charge on any atom is 0.153 e. The summed E-state index contributed by atoms with van der Waals surface area (Å²) >= 11 is 3.50. The van der Waals surface area contributed by atoms with Gasteiger partial charge in [-0.3, -0.25) is 0 Å². The monoisotopic (exact) mass is 318 g/mol. The van der Waals surface area contributed by atoms with E-state index in [9.17, 15) is 0 Å². The molecule has 0 amide bonds. The molecule has 2 heterocycles. The number of anilines is 3. The third kappa shape index (κ3) is 2.08. The van der Waals surface area contributed by atoms with E-state index in [-0.39, 0.29) is 0 Å². The number of hydrogen-bond acceptors (Lipinski definition) is 4. The molecule has 19 heavy (non-hydrogen) atoms. The number of nitrogens with two attached hydrogens (primary N) is 1. The fourth-order valence-corrected chi connectivity index (χ4v) is 2.95.